The van der Waals surface area contributed by atoms with Gasteiger partial charge in [0, 0.05) is 11.8 Å². The van der Waals surface area contributed by atoms with E-state index in [1.54, 1.807) is 20.4 Å². The van der Waals surface area contributed by atoms with Gasteiger partial charge in [0.1, 0.15) is 17.2 Å². The number of benzene rings is 2. The summed E-state index contributed by atoms with van der Waals surface area (Å²) in [6.07, 6.45) is 1.80. The molecule has 98 valence electrons. The van der Waals surface area contributed by atoms with Crippen LogP contribution in [0.3, 0.4) is 0 Å². The standard InChI is InChI=1S/C16H17NO2/c1-12-7-6-10-15(19-3)16(12)17-11-13-8-4-5-9-14(13)18-2/h4-11H,1-3H3. The van der Waals surface area contributed by atoms with Crippen LogP contribution in [-0.2, 0) is 0 Å². The molecule has 0 bridgehead atoms. The van der Waals surface area contributed by atoms with Gasteiger partial charge in [0.15, 0.2) is 0 Å². The normalized spacial score (nSPS) is 10.7. The Labute approximate surface area is 113 Å². The van der Waals surface area contributed by atoms with Gasteiger partial charge in [-0.25, -0.2) is 0 Å². The number of ether oxygens (including phenoxy) is 2. The second-order valence-electron chi connectivity index (χ2n) is 4.13. The van der Waals surface area contributed by atoms with Gasteiger partial charge in [-0.2, -0.15) is 0 Å². The zero-order valence-electron chi connectivity index (χ0n) is 11.4. The third kappa shape index (κ3) is 2.94. The first-order chi connectivity index (χ1) is 9.26. The van der Waals surface area contributed by atoms with Crippen LogP contribution in [0.4, 0.5) is 5.69 Å². The minimum Gasteiger partial charge on any atom is -0.496 e. The maximum Gasteiger partial charge on any atom is 0.144 e. The van der Waals surface area contributed by atoms with Gasteiger partial charge in [-0.15, -0.1) is 0 Å². The van der Waals surface area contributed by atoms with Crippen LogP contribution in [0.15, 0.2) is 47.5 Å². The third-order valence-electron chi connectivity index (χ3n) is 2.89. The molecule has 2 aromatic rings. The lowest BCUT2D eigenvalue weighted by molar-refractivity contribution is 0.414. The number of hydrogen-bond donors (Lipinski definition) is 0. The van der Waals surface area contributed by atoms with Gasteiger partial charge >= 0.3 is 0 Å². The molecule has 2 aromatic carbocycles. The van der Waals surface area contributed by atoms with Crippen LogP contribution in [0, 0.1) is 6.92 Å². The largest absolute Gasteiger partial charge is 0.496 e. The van der Waals surface area contributed by atoms with Crippen LogP contribution in [0.25, 0.3) is 0 Å². The zero-order valence-corrected chi connectivity index (χ0v) is 11.4. The Balaban J connectivity index is 2.38. The van der Waals surface area contributed by atoms with Crippen molar-refractivity contribution >= 4 is 11.9 Å². The number of aliphatic imine (C=N–C) groups is 1. The maximum atomic E-state index is 5.33. The van der Waals surface area contributed by atoms with Crippen molar-refractivity contribution in [3.63, 3.8) is 0 Å². The maximum absolute atomic E-state index is 5.33. The van der Waals surface area contributed by atoms with E-state index in [4.69, 9.17) is 9.47 Å². The molecule has 3 heteroatoms. The monoisotopic (exact) mass is 255 g/mol. The van der Waals surface area contributed by atoms with Crippen molar-refractivity contribution in [3.8, 4) is 11.5 Å². The highest BCUT2D eigenvalue weighted by Gasteiger charge is 2.04. The summed E-state index contributed by atoms with van der Waals surface area (Å²) in [5.41, 5.74) is 2.86. The second kappa shape index (κ2) is 6.05. The van der Waals surface area contributed by atoms with E-state index in [1.165, 1.54) is 0 Å². The lowest BCUT2D eigenvalue weighted by Crippen LogP contribution is -1.90. The summed E-state index contributed by atoms with van der Waals surface area (Å²) in [5.74, 6) is 1.57. The molecule has 0 unspecified atom stereocenters. The van der Waals surface area contributed by atoms with Gasteiger partial charge in [0.2, 0.25) is 0 Å². The van der Waals surface area contributed by atoms with Gasteiger partial charge in [-0.1, -0.05) is 24.3 Å². The predicted octanol–water partition coefficient (Wildman–Crippen LogP) is 3.76. The Bertz CT molecular complexity index is 591. The molecular weight excluding hydrogens is 238 g/mol. The first-order valence-electron chi connectivity index (χ1n) is 6.07. The molecule has 19 heavy (non-hydrogen) atoms. The number of para-hydroxylation sites is 2. The molecule has 0 aliphatic heterocycles. The van der Waals surface area contributed by atoms with E-state index in [1.807, 2.05) is 49.4 Å². The summed E-state index contributed by atoms with van der Waals surface area (Å²) in [4.78, 5) is 4.53. The zero-order chi connectivity index (χ0) is 13.7. The smallest absolute Gasteiger partial charge is 0.144 e. The highest BCUT2D eigenvalue weighted by molar-refractivity contribution is 5.86. The first-order valence-corrected chi connectivity index (χ1v) is 6.07. The van der Waals surface area contributed by atoms with Crippen molar-refractivity contribution in [2.45, 2.75) is 6.92 Å². The summed E-state index contributed by atoms with van der Waals surface area (Å²) < 4.78 is 10.6. The molecule has 2 rings (SSSR count). The van der Waals surface area contributed by atoms with Gasteiger partial charge in [-0.05, 0) is 30.7 Å². The number of aryl methyl sites for hydroxylation is 1. The molecule has 0 aliphatic carbocycles. The SMILES string of the molecule is COc1ccccc1C=Nc1c(C)cccc1OC. The van der Waals surface area contributed by atoms with Gasteiger partial charge < -0.3 is 9.47 Å². The van der Waals surface area contributed by atoms with Crippen LogP contribution in [-0.4, -0.2) is 20.4 Å². The highest BCUT2D eigenvalue weighted by atomic mass is 16.5. The molecule has 0 amide bonds. The molecule has 0 spiro atoms. The molecule has 0 heterocycles. The minimum atomic E-state index is 0.770. The summed E-state index contributed by atoms with van der Waals surface area (Å²) in [6, 6.07) is 13.6. The van der Waals surface area contributed by atoms with Crippen molar-refractivity contribution in [1.82, 2.24) is 0 Å². The lowest BCUT2D eigenvalue weighted by atomic mass is 10.2. The molecule has 0 saturated heterocycles. The molecule has 0 saturated carbocycles. The Kier molecular flexibility index (Phi) is 4.18. The summed E-state index contributed by atoms with van der Waals surface area (Å²) in [7, 11) is 3.30. The highest BCUT2D eigenvalue weighted by Crippen LogP contribution is 2.30. The summed E-state index contributed by atoms with van der Waals surface area (Å²) in [6.45, 7) is 2.01. The van der Waals surface area contributed by atoms with Crippen molar-refractivity contribution in [2.24, 2.45) is 4.99 Å². The molecule has 3 nitrogen and oxygen atoms in total. The van der Waals surface area contributed by atoms with Crippen molar-refractivity contribution in [1.29, 1.82) is 0 Å². The fourth-order valence-corrected chi connectivity index (χ4v) is 1.87. The van der Waals surface area contributed by atoms with E-state index in [9.17, 15) is 0 Å². The molecule has 0 atom stereocenters. The summed E-state index contributed by atoms with van der Waals surface area (Å²) >= 11 is 0. The average Bonchev–Trinajstić information content (AvgIpc) is 2.46. The molecule has 0 fully saturated rings. The minimum absolute atomic E-state index is 0.770. The summed E-state index contributed by atoms with van der Waals surface area (Å²) in [5, 5.41) is 0. The molecule has 0 N–H and O–H groups in total. The van der Waals surface area contributed by atoms with Crippen LogP contribution in [0.2, 0.25) is 0 Å². The fraction of sp³-hybridized carbons (Fsp3) is 0.188. The number of hydrogen-bond acceptors (Lipinski definition) is 3. The number of rotatable bonds is 4. The van der Waals surface area contributed by atoms with E-state index >= 15 is 0 Å². The van der Waals surface area contributed by atoms with Crippen LogP contribution in [0.5, 0.6) is 11.5 Å². The van der Waals surface area contributed by atoms with E-state index < -0.39 is 0 Å². The van der Waals surface area contributed by atoms with Gasteiger partial charge in [0.25, 0.3) is 0 Å². The van der Waals surface area contributed by atoms with Crippen LogP contribution < -0.4 is 9.47 Å². The average molecular weight is 255 g/mol. The van der Waals surface area contributed by atoms with Crippen molar-refractivity contribution in [2.75, 3.05) is 14.2 Å². The quantitative estimate of drug-likeness (QED) is 0.779. The second-order valence-corrected chi connectivity index (χ2v) is 4.13. The van der Waals surface area contributed by atoms with Crippen LogP contribution >= 0.6 is 0 Å². The van der Waals surface area contributed by atoms with E-state index in [2.05, 4.69) is 4.99 Å². The topological polar surface area (TPSA) is 30.8 Å². The van der Waals surface area contributed by atoms with Crippen LogP contribution in [0.1, 0.15) is 11.1 Å². The third-order valence-corrected chi connectivity index (χ3v) is 2.89. The first kappa shape index (κ1) is 13.1. The Hall–Kier alpha value is -2.29. The Morgan fingerprint density at radius 3 is 2.32 bits per heavy atom. The fourth-order valence-electron chi connectivity index (χ4n) is 1.87. The molecule has 0 aliphatic rings. The molecule has 0 radical (unpaired) electrons. The Morgan fingerprint density at radius 1 is 0.895 bits per heavy atom. The number of methoxy groups -OCH3 is 2. The van der Waals surface area contributed by atoms with Gasteiger partial charge in [-0.3, -0.25) is 4.99 Å². The number of nitrogens with zero attached hydrogens (tertiary/aromatic N) is 1. The predicted molar refractivity (Wildman–Crippen MR) is 78.0 cm³/mol. The molecular formula is C16H17NO2. The van der Waals surface area contributed by atoms with E-state index in [0.29, 0.717) is 0 Å². The van der Waals surface area contributed by atoms with Crippen molar-refractivity contribution < 1.29 is 9.47 Å². The molecule has 0 aromatic heterocycles. The van der Waals surface area contributed by atoms with E-state index in [-0.39, 0.29) is 0 Å². The lowest BCUT2D eigenvalue weighted by Gasteiger charge is -2.07. The van der Waals surface area contributed by atoms with Crippen molar-refractivity contribution in [3.05, 3.63) is 53.6 Å². The van der Waals surface area contributed by atoms with E-state index in [0.717, 1.165) is 28.3 Å². The van der Waals surface area contributed by atoms with Gasteiger partial charge in [0.05, 0.1) is 14.2 Å². The Morgan fingerprint density at radius 2 is 1.58 bits per heavy atom.